The van der Waals surface area contributed by atoms with Crippen LogP contribution in [0.3, 0.4) is 0 Å². The third kappa shape index (κ3) is 4.40. The lowest BCUT2D eigenvalue weighted by Gasteiger charge is -2.59. The second-order valence-electron chi connectivity index (χ2n) is 13.2. The van der Waals surface area contributed by atoms with Gasteiger partial charge in [0.2, 0.25) is 0 Å². The van der Waals surface area contributed by atoms with Gasteiger partial charge in [0.25, 0.3) is 0 Å². The van der Waals surface area contributed by atoms with Crippen molar-refractivity contribution in [1.82, 2.24) is 0 Å². The lowest BCUT2D eigenvalue weighted by molar-refractivity contribution is -0.141. The average molecular weight is 461 g/mol. The summed E-state index contributed by atoms with van der Waals surface area (Å²) in [6, 6.07) is 0. The van der Waals surface area contributed by atoms with Crippen LogP contribution in [0.25, 0.3) is 0 Å². The molecule has 4 heteroatoms. The molecule has 0 aliphatic heterocycles. The summed E-state index contributed by atoms with van der Waals surface area (Å²) < 4.78 is 11.5. The van der Waals surface area contributed by atoms with E-state index in [1.54, 1.807) is 0 Å². The molecule has 0 spiro atoms. The SMILES string of the molecule is COC(=O)CC[C@@H](C)C1CCC2C3C=CC4C[C@H](O[Si](C)(C)C)CC[C@]4(C)C3CC[C@@]21C. The highest BCUT2D eigenvalue weighted by atomic mass is 28.4. The molecule has 0 bridgehead atoms. The van der Waals surface area contributed by atoms with E-state index in [9.17, 15) is 4.79 Å². The van der Waals surface area contributed by atoms with Crippen molar-refractivity contribution >= 4 is 14.3 Å². The van der Waals surface area contributed by atoms with E-state index >= 15 is 0 Å². The molecule has 0 amide bonds. The average Bonchev–Trinajstić information content (AvgIpc) is 3.08. The molecule has 5 unspecified atom stereocenters. The van der Waals surface area contributed by atoms with E-state index < -0.39 is 8.32 Å². The molecule has 4 aliphatic carbocycles. The first kappa shape index (κ1) is 24.5. The summed E-state index contributed by atoms with van der Waals surface area (Å²) in [6.07, 6.45) is 16.6. The smallest absolute Gasteiger partial charge is 0.305 e. The summed E-state index contributed by atoms with van der Waals surface area (Å²) in [4.78, 5) is 11.7. The Bertz CT molecular complexity index is 727. The molecule has 3 nitrogen and oxygen atoms in total. The largest absolute Gasteiger partial charge is 0.469 e. The zero-order chi connectivity index (χ0) is 23.3. The fourth-order valence-corrected chi connectivity index (χ4v) is 10.0. The Hall–Kier alpha value is -0.613. The van der Waals surface area contributed by atoms with Gasteiger partial charge in [-0.1, -0.05) is 32.9 Å². The number of hydrogen-bond donors (Lipinski definition) is 0. The number of rotatable bonds is 6. The number of esters is 1. The maximum atomic E-state index is 11.7. The monoisotopic (exact) mass is 460 g/mol. The quantitative estimate of drug-likeness (QED) is 0.238. The molecular formula is C28H48O3Si. The Morgan fingerprint density at radius 1 is 1.03 bits per heavy atom. The first-order chi connectivity index (χ1) is 15.0. The fraction of sp³-hybridized carbons (Fsp3) is 0.893. The summed E-state index contributed by atoms with van der Waals surface area (Å²) in [5, 5.41) is 0. The number of carbonyl (C=O) groups excluding carboxylic acids is 1. The van der Waals surface area contributed by atoms with Crippen LogP contribution in [0, 0.1) is 46.3 Å². The zero-order valence-corrected chi connectivity index (χ0v) is 22.8. The number of carbonyl (C=O) groups is 1. The van der Waals surface area contributed by atoms with E-state index in [1.165, 1.54) is 52.1 Å². The van der Waals surface area contributed by atoms with E-state index in [4.69, 9.17) is 9.16 Å². The van der Waals surface area contributed by atoms with Crippen molar-refractivity contribution in [3.63, 3.8) is 0 Å². The Labute approximate surface area is 198 Å². The molecule has 0 aromatic carbocycles. The third-order valence-electron chi connectivity index (χ3n) is 10.4. The molecule has 0 saturated heterocycles. The maximum Gasteiger partial charge on any atom is 0.305 e. The van der Waals surface area contributed by atoms with Crippen LogP contribution in [0.1, 0.15) is 78.6 Å². The van der Waals surface area contributed by atoms with Crippen LogP contribution in [-0.2, 0) is 14.0 Å². The standard InChI is InChI=1S/C28H48O3Si/c1-19(8-13-26(29)30-4)23-11-12-24-22-10-9-20-18-21(31-32(5,6)7)14-16-27(20,2)25(22)15-17-28(23,24)3/h9-10,19-25H,8,11-18H2,1-7H3/t19-,20?,21-,22?,23?,24?,25?,27+,28-/m1/s1. The first-order valence-corrected chi connectivity index (χ1v) is 16.8. The summed E-state index contributed by atoms with van der Waals surface area (Å²) in [7, 11) is 0.0332. The van der Waals surface area contributed by atoms with Gasteiger partial charge in [0.15, 0.2) is 8.32 Å². The number of fused-ring (bicyclic) bond motifs is 5. The maximum absolute atomic E-state index is 11.7. The molecule has 9 atom stereocenters. The summed E-state index contributed by atoms with van der Waals surface area (Å²) in [6.45, 7) is 14.6. The highest BCUT2D eigenvalue weighted by molar-refractivity contribution is 6.69. The second kappa shape index (κ2) is 8.87. The van der Waals surface area contributed by atoms with E-state index in [0.717, 1.165) is 30.1 Å². The van der Waals surface area contributed by atoms with Crippen LogP contribution in [0.5, 0.6) is 0 Å². The number of allylic oxidation sites excluding steroid dienone is 2. The molecule has 32 heavy (non-hydrogen) atoms. The van der Waals surface area contributed by atoms with Gasteiger partial charge >= 0.3 is 5.97 Å². The van der Waals surface area contributed by atoms with Crippen LogP contribution < -0.4 is 0 Å². The lowest BCUT2D eigenvalue weighted by Crippen LogP contribution is -2.53. The zero-order valence-electron chi connectivity index (χ0n) is 21.8. The molecule has 0 aromatic heterocycles. The predicted octanol–water partition coefficient (Wildman–Crippen LogP) is 7.23. The molecule has 0 radical (unpaired) electrons. The predicted molar refractivity (Wildman–Crippen MR) is 134 cm³/mol. The molecule has 0 N–H and O–H groups in total. The Morgan fingerprint density at radius 2 is 1.72 bits per heavy atom. The van der Waals surface area contributed by atoms with Crippen LogP contribution in [0.4, 0.5) is 0 Å². The van der Waals surface area contributed by atoms with Crippen LogP contribution in [0.2, 0.25) is 19.6 Å². The number of ether oxygens (including phenoxy) is 1. The van der Waals surface area contributed by atoms with E-state index in [-0.39, 0.29) is 5.97 Å². The van der Waals surface area contributed by atoms with E-state index in [0.29, 0.717) is 35.2 Å². The third-order valence-corrected chi connectivity index (χ3v) is 11.5. The molecule has 3 saturated carbocycles. The minimum absolute atomic E-state index is 0.0526. The van der Waals surface area contributed by atoms with Gasteiger partial charge in [-0.15, -0.1) is 0 Å². The molecule has 4 aliphatic rings. The second-order valence-corrected chi connectivity index (χ2v) is 17.7. The molecule has 182 valence electrons. The summed E-state index contributed by atoms with van der Waals surface area (Å²) in [5.74, 6) is 4.40. The van der Waals surface area contributed by atoms with Crippen molar-refractivity contribution in [2.45, 2.75) is 104 Å². The van der Waals surface area contributed by atoms with Crippen molar-refractivity contribution in [1.29, 1.82) is 0 Å². The van der Waals surface area contributed by atoms with Crippen molar-refractivity contribution in [3.8, 4) is 0 Å². The van der Waals surface area contributed by atoms with Gasteiger partial charge < -0.3 is 9.16 Å². The van der Waals surface area contributed by atoms with Gasteiger partial charge in [0, 0.05) is 12.5 Å². The topological polar surface area (TPSA) is 35.5 Å². The molecular weight excluding hydrogens is 412 g/mol. The highest BCUT2D eigenvalue weighted by Gasteiger charge is 2.59. The normalized spacial score (nSPS) is 44.3. The van der Waals surface area contributed by atoms with Gasteiger partial charge in [-0.05, 0) is 117 Å². The molecule has 3 fully saturated rings. The number of methoxy groups -OCH3 is 1. The lowest BCUT2D eigenvalue weighted by atomic mass is 9.46. The Morgan fingerprint density at radius 3 is 2.41 bits per heavy atom. The number of hydrogen-bond acceptors (Lipinski definition) is 3. The van der Waals surface area contributed by atoms with Gasteiger partial charge in [0.1, 0.15) is 0 Å². The fourth-order valence-electron chi connectivity index (χ4n) is 8.81. The van der Waals surface area contributed by atoms with E-state index in [1.807, 2.05) is 0 Å². The van der Waals surface area contributed by atoms with Crippen molar-refractivity contribution in [2.75, 3.05) is 7.11 Å². The van der Waals surface area contributed by atoms with Crippen molar-refractivity contribution in [3.05, 3.63) is 12.2 Å². The molecule has 4 rings (SSSR count). The Kier molecular flexibility index (Phi) is 6.80. The van der Waals surface area contributed by atoms with Crippen LogP contribution >= 0.6 is 0 Å². The van der Waals surface area contributed by atoms with Gasteiger partial charge in [-0.2, -0.15) is 0 Å². The molecule has 0 heterocycles. The highest BCUT2D eigenvalue weighted by Crippen LogP contribution is 2.67. The van der Waals surface area contributed by atoms with Gasteiger partial charge in [-0.25, -0.2) is 0 Å². The Balaban J connectivity index is 1.48. The summed E-state index contributed by atoms with van der Waals surface area (Å²) in [5.41, 5.74) is 0.886. The van der Waals surface area contributed by atoms with Crippen molar-refractivity contribution in [2.24, 2.45) is 46.3 Å². The van der Waals surface area contributed by atoms with Crippen LogP contribution in [0.15, 0.2) is 12.2 Å². The minimum Gasteiger partial charge on any atom is -0.469 e. The van der Waals surface area contributed by atoms with Crippen LogP contribution in [-0.4, -0.2) is 27.5 Å². The molecule has 0 aromatic rings. The van der Waals surface area contributed by atoms with Gasteiger partial charge in [-0.3, -0.25) is 4.79 Å². The van der Waals surface area contributed by atoms with E-state index in [2.05, 4.69) is 52.6 Å². The summed E-state index contributed by atoms with van der Waals surface area (Å²) >= 11 is 0. The van der Waals surface area contributed by atoms with Crippen molar-refractivity contribution < 1.29 is 14.0 Å². The first-order valence-electron chi connectivity index (χ1n) is 13.4. The van der Waals surface area contributed by atoms with Gasteiger partial charge in [0.05, 0.1) is 7.11 Å². The minimum atomic E-state index is -1.48.